The van der Waals surface area contributed by atoms with E-state index in [2.05, 4.69) is 25.3 Å². The van der Waals surface area contributed by atoms with Gasteiger partial charge in [0, 0.05) is 19.8 Å². The van der Waals surface area contributed by atoms with Crippen LogP contribution in [0.5, 0.6) is 0 Å². The molecule has 0 saturated carbocycles. The summed E-state index contributed by atoms with van der Waals surface area (Å²) in [6.07, 6.45) is 0. The second-order valence-electron chi connectivity index (χ2n) is 6.62. The molecular formula is C19H19N7O2S2. The quantitative estimate of drug-likeness (QED) is 0.432. The molecule has 30 heavy (non-hydrogen) atoms. The van der Waals surface area contributed by atoms with E-state index in [-0.39, 0.29) is 18.4 Å². The fourth-order valence-electron chi connectivity index (χ4n) is 2.61. The standard InChI is InChI=1S/C19H19N7O2S2/c1-10-6-4-5-7-11(10)21-18-23-14(22-17(20)25-18)9-28-16(27)13-8-12-15(29-13)24-19(30-12)26(2)3/h4-8H,9H2,1-3H3,(H3,20,21,22,23,25). The number of aryl methyl sites for hydroxylation is 1. The average Bonchev–Trinajstić information content (AvgIpc) is 3.27. The molecule has 0 aliphatic rings. The largest absolute Gasteiger partial charge is 0.453 e. The van der Waals surface area contributed by atoms with Gasteiger partial charge in [-0.3, -0.25) is 0 Å². The summed E-state index contributed by atoms with van der Waals surface area (Å²) in [5.41, 5.74) is 7.68. The van der Waals surface area contributed by atoms with E-state index in [1.807, 2.05) is 50.2 Å². The van der Waals surface area contributed by atoms with Crippen LogP contribution in [-0.2, 0) is 11.3 Å². The maximum atomic E-state index is 12.4. The van der Waals surface area contributed by atoms with Crippen molar-refractivity contribution < 1.29 is 9.53 Å². The van der Waals surface area contributed by atoms with Crippen molar-refractivity contribution in [3.8, 4) is 0 Å². The number of carbonyl (C=O) groups is 1. The highest BCUT2D eigenvalue weighted by atomic mass is 32.1. The Hall–Kier alpha value is -3.31. The molecular weight excluding hydrogens is 422 g/mol. The van der Waals surface area contributed by atoms with Gasteiger partial charge in [0.2, 0.25) is 11.9 Å². The monoisotopic (exact) mass is 441 g/mol. The van der Waals surface area contributed by atoms with Crippen molar-refractivity contribution in [2.45, 2.75) is 13.5 Å². The smallest absolute Gasteiger partial charge is 0.348 e. The van der Waals surface area contributed by atoms with E-state index >= 15 is 0 Å². The molecule has 0 saturated heterocycles. The van der Waals surface area contributed by atoms with E-state index in [0.29, 0.717) is 10.8 Å². The van der Waals surface area contributed by atoms with E-state index in [1.54, 1.807) is 6.07 Å². The number of thiophene rings is 1. The number of hydrogen-bond donors (Lipinski definition) is 2. The molecule has 0 atom stereocenters. The first kappa shape index (κ1) is 20.0. The second-order valence-corrected chi connectivity index (χ2v) is 8.66. The minimum absolute atomic E-state index is 0.0455. The molecule has 11 heteroatoms. The fourth-order valence-corrected chi connectivity index (χ4v) is 4.64. The molecule has 0 spiro atoms. The van der Waals surface area contributed by atoms with Crippen LogP contribution in [0.4, 0.5) is 22.7 Å². The highest BCUT2D eigenvalue weighted by molar-refractivity contribution is 7.29. The lowest BCUT2D eigenvalue weighted by atomic mass is 10.2. The first-order valence-corrected chi connectivity index (χ1v) is 10.6. The summed E-state index contributed by atoms with van der Waals surface area (Å²) in [7, 11) is 3.86. The minimum atomic E-state index is -0.455. The Morgan fingerprint density at radius 1 is 1.17 bits per heavy atom. The normalized spacial score (nSPS) is 10.9. The first-order chi connectivity index (χ1) is 14.4. The molecule has 0 amide bonds. The zero-order valence-corrected chi connectivity index (χ0v) is 18.2. The van der Waals surface area contributed by atoms with Crippen LogP contribution in [-0.4, -0.2) is 40.0 Å². The number of rotatable bonds is 6. The summed E-state index contributed by atoms with van der Waals surface area (Å²) in [5, 5.41) is 4.00. The third kappa shape index (κ3) is 4.31. The molecule has 4 rings (SSSR count). The van der Waals surface area contributed by atoms with E-state index < -0.39 is 5.97 Å². The summed E-state index contributed by atoms with van der Waals surface area (Å²) in [6.45, 7) is 1.85. The van der Waals surface area contributed by atoms with Gasteiger partial charge in [-0.25, -0.2) is 9.78 Å². The predicted octanol–water partition coefficient (Wildman–Crippen LogP) is 3.60. The zero-order chi connectivity index (χ0) is 21.3. The molecule has 0 fully saturated rings. The minimum Gasteiger partial charge on any atom is -0.453 e. The lowest BCUT2D eigenvalue weighted by molar-refractivity contribution is 0.0468. The van der Waals surface area contributed by atoms with Gasteiger partial charge in [-0.15, -0.1) is 11.3 Å². The van der Waals surface area contributed by atoms with Crippen LogP contribution < -0.4 is 16.0 Å². The predicted molar refractivity (Wildman–Crippen MR) is 120 cm³/mol. The van der Waals surface area contributed by atoms with Gasteiger partial charge in [0.15, 0.2) is 17.6 Å². The van der Waals surface area contributed by atoms with Crippen molar-refractivity contribution in [1.29, 1.82) is 0 Å². The van der Waals surface area contributed by atoms with Gasteiger partial charge in [0.05, 0.1) is 4.70 Å². The van der Waals surface area contributed by atoms with Crippen LogP contribution in [0.15, 0.2) is 30.3 Å². The summed E-state index contributed by atoms with van der Waals surface area (Å²) >= 11 is 2.82. The molecule has 9 nitrogen and oxygen atoms in total. The third-order valence-electron chi connectivity index (χ3n) is 4.08. The van der Waals surface area contributed by atoms with Crippen molar-refractivity contribution in [3.63, 3.8) is 0 Å². The number of nitrogens with zero attached hydrogens (tertiary/aromatic N) is 5. The maximum Gasteiger partial charge on any atom is 0.348 e. The zero-order valence-electron chi connectivity index (χ0n) is 16.5. The molecule has 0 bridgehead atoms. The average molecular weight is 442 g/mol. The Labute approximate surface area is 180 Å². The lowest BCUT2D eigenvalue weighted by Crippen LogP contribution is -2.11. The van der Waals surface area contributed by atoms with Gasteiger partial charge in [-0.2, -0.15) is 15.0 Å². The van der Waals surface area contributed by atoms with Crippen LogP contribution in [0.25, 0.3) is 9.53 Å². The summed E-state index contributed by atoms with van der Waals surface area (Å²) in [4.78, 5) is 32.6. The number of aromatic nitrogens is 4. The molecule has 0 aliphatic carbocycles. The van der Waals surface area contributed by atoms with Gasteiger partial charge < -0.3 is 20.7 Å². The fraction of sp³-hybridized carbons (Fsp3) is 0.211. The number of esters is 1. The topological polar surface area (TPSA) is 119 Å². The van der Waals surface area contributed by atoms with Crippen LogP contribution in [0, 0.1) is 6.92 Å². The Morgan fingerprint density at radius 2 is 1.97 bits per heavy atom. The van der Waals surface area contributed by atoms with Gasteiger partial charge in [-0.05, 0) is 24.6 Å². The molecule has 4 aromatic rings. The molecule has 154 valence electrons. The van der Waals surface area contributed by atoms with Gasteiger partial charge in [0.1, 0.15) is 9.71 Å². The van der Waals surface area contributed by atoms with Crippen LogP contribution in [0.1, 0.15) is 21.1 Å². The molecule has 0 aliphatic heterocycles. The third-order valence-corrected chi connectivity index (χ3v) is 6.39. The van der Waals surface area contributed by atoms with Crippen molar-refractivity contribution in [3.05, 3.63) is 46.6 Å². The molecule has 3 heterocycles. The number of nitrogen functional groups attached to an aromatic ring is 1. The van der Waals surface area contributed by atoms with Gasteiger partial charge >= 0.3 is 5.97 Å². The van der Waals surface area contributed by atoms with Crippen molar-refractivity contribution in [2.75, 3.05) is 30.0 Å². The maximum absolute atomic E-state index is 12.4. The SMILES string of the molecule is Cc1ccccc1Nc1nc(N)nc(COC(=O)c2cc3sc(N(C)C)nc3s2)n1. The summed E-state index contributed by atoms with van der Waals surface area (Å²) < 4.78 is 6.33. The highest BCUT2D eigenvalue weighted by Gasteiger charge is 2.17. The number of fused-ring (bicyclic) bond motifs is 1. The van der Waals surface area contributed by atoms with E-state index in [1.165, 1.54) is 22.7 Å². The number of anilines is 4. The van der Waals surface area contributed by atoms with E-state index in [4.69, 9.17) is 10.5 Å². The van der Waals surface area contributed by atoms with Crippen molar-refractivity contribution >= 4 is 60.9 Å². The van der Waals surface area contributed by atoms with Gasteiger partial charge in [-0.1, -0.05) is 29.5 Å². The number of thiazole rings is 1. The lowest BCUT2D eigenvalue weighted by Gasteiger charge is -2.09. The first-order valence-electron chi connectivity index (χ1n) is 8.97. The number of benzene rings is 1. The molecule has 3 aromatic heterocycles. The number of hydrogen-bond acceptors (Lipinski definition) is 11. The Morgan fingerprint density at radius 3 is 2.70 bits per heavy atom. The number of nitrogens with two attached hydrogens (primary N) is 1. The molecule has 1 aromatic carbocycles. The van der Waals surface area contributed by atoms with Crippen LogP contribution in [0.2, 0.25) is 0 Å². The summed E-state index contributed by atoms with van der Waals surface area (Å²) in [5.74, 6) is 0.145. The van der Waals surface area contributed by atoms with Crippen LogP contribution in [0.3, 0.4) is 0 Å². The molecule has 0 radical (unpaired) electrons. The molecule has 3 N–H and O–H groups in total. The van der Waals surface area contributed by atoms with Crippen molar-refractivity contribution in [1.82, 2.24) is 19.9 Å². The Bertz CT molecular complexity index is 1190. The summed E-state index contributed by atoms with van der Waals surface area (Å²) in [6, 6.07) is 9.52. The van der Waals surface area contributed by atoms with E-state index in [0.717, 1.165) is 25.9 Å². The number of para-hydroxylation sites is 1. The number of ether oxygens (including phenoxy) is 1. The molecule has 0 unspecified atom stereocenters. The highest BCUT2D eigenvalue weighted by Crippen LogP contribution is 2.34. The Kier molecular flexibility index (Phi) is 5.46. The number of carbonyl (C=O) groups excluding carboxylic acids is 1. The second kappa shape index (κ2) is 8.20. The number of nitrogens with one attached hydrogen (secondary N) is 1. The van der Waals surface area contributed by atoms with Crippen molar-refractivity contribution in [2.24, 2.45) is 0 Å². The van der Waals surface area contributed by atoms with Gasteiger partial charge in [0.25, 0.3) is 0 Å². The van der Waals surface area contributed by atoms with E-state index in [9.17, 15) is 4.79 Å². The Balaban J connectivity index is 1.45. The van der Waals surface area contributed by atoms with Crippen LogP contribution >= 0.6 is 22.7 Å².